The first-order chi connectivity index (χ1) is 15.0. The smallest absolute Gasteiger partial charge is 0.262 e. The first-order valence-electron chi connectivity index (χ1n) is 10.5. The number of thiophene rings is 1. The number of fused-ring (bicyclic) bond motifs is 1. The average Bonchev–Trinajstić information content (AvgIpc) is 3.37. The summed E-state index contributed by atoms with van der Waals surface area (Å²) in [5, 5.41) is 6.42. The van der Waals surface area contributed by atoms with Gasteiger partial charge in [-0.1, -0.05) is 6.07 Å². The summed E-state index contributed by atoms with van der Waals surface area (Å²) in [6.07, 6.45) is 5.52. The van der Waals surface area contributed by atoms with Crippen LogP contribution in [-0.4, -0.2) is 18.4 Å². The van der Waals surface area contributed by atoms with Gasteiger partial charge in [0.15, 0.2) is 6.61 Å². The number of benzene rings is 1. The Morgan fingerprint density at radius 1 is 1.13 bits per heavy atom. The van der Waals surface area contributed by atoms with Crippen LogP contribution in [0.4, 0.5) is 5.00 Å². The van der Waals surface area contributed by atoms with Crippen LogP contribution in [0.15, 0.2) is 41.0 Å². The van der Waals surface area contributed by atoms with E-state index >= 15 is 0 Å². The van der Waals surface area contributed by atoms with Crippen LogP contribution < -0.4 is 15.4 Å². The van der Waals surface area contributed by atoms with Crippen molar-refractivity contribution in [2.75, 3.05) is 11.9 Å². The summed E-state index contributed by atoms with van der Waals surface area (Å²) in [5.74, 6) is 0.874. The highest BCUT2D eigenvalue weighted by Gasteiger charge is 2.26. The molecule has 2 amide bonds. The van der Waals surface area contributed by atoms with Crippen molar-refractivity contribution < 1.29 is 18.7 Å². The van der Waals surface area contributed by atoms with Gasteiger partial charge in [-0.05, 0) is 80.5 Å². The van der Waals surface area contributed by atoms with E-state index in [4.69, 9.17) is 9.15 Å². The van der Waals surface area contributed by atoms with Gasteiger partial charge in [0, 0.05) is 4.88 Å². The van der Waals surface area contributed by atoms with Gasteiger partial charge >= 0.3 is 0 Å². The molecule has 162 valence electrons. The molecule has 2 heterocycles. The summed E-state index contributed by atoms with van der Waals surface area (Å²) in [5.41, 5.74) is 3.79. The normalized spacial score (nSPS) is 12.8. The number of aryl methyl sites for hydroxylation is 3. The summed E-state index contributed by atoms with van der Waals surface area (Å²) in [4.78, 5) is 26.8. The summed E-state index contributed by atoms with van der Waals surface area (Å²) >= 11 is 1.50. The summed E-state index contributed by atoms with van der Waals surface area (Å²) in [6.45, 7) is 4.17. The molecule has 1 aliphatic rings. The fourth-order valence-corrected chi connectivity index (χ4v) is 5.19. The molecule has 1 aromatic carbocycles. The van der Waals surface area contributed by atoms with Crippen LogP contribution in [0.5, 0.6) is 5.75 Å². The maximum Gasteiger partial charge on any atom is 0.262 e. The molecule has 0 bridgehead atoms. The quantitative estimate of drug-likeness (QED) is 0.556. The third-order valence-electron chi connectivity index (χ3n) is 5.22. The predicted octanol–water partition coefficient (Wildman–Crippen LogP) is 4.78. The molecule has 0 aliphatic heterocycles. The van der Waals surface area contributed by atoms with E-state index in [1.54, 1.807) is 12.3 Å². The van der Waals surface area contributed by atoms with E-state index in [2.05, 4.69) is 16.7 Å². The Bertz CT molecular complexity index is 1070. The lowest BCUT2D eigenvalue weighted by atomic mass is 9.95. The molecule has 0 spiro atoms. The van der Waals surface area contributed by atoms with E-state index in [-0.39, 0.29) is 18.4 Å². The third-order valence-corrected chi connectivity index (χ3v) is 6.43. The third kappa shape index (κ3) is 5.17. The number of rotatable bonds is 7. The van der Waals surface area contributed by atoms with E-state index in [0.29, 0.717) is 28.6 Å². The zero-order valence-corrected chi connectivity index (χ0v) is 18.6. The van der Waals surface area contributed by atoms with Gasteiger partial charge in [-0.15, -0.1) is 11.3 Å². The van der Waals surface area contributed by atoms with Crippen molar-refractivity contribution in [3.05, 3.63) is 69.5 Å². The van der Waals surface area contributed by atoms with Crippen molar-refractivity contribution in [2.45, 2.75) is 46.1 Å². The van der Waals surface area contributed by atoms with Crippen LogP contribution in [0.1, 0.15) is 50.5 Å². The highest BCUT2D eigenvalue weighted by molar-refractivity contribution is 7.17. The first kappa shape index (κ1) is 21.2. The van der Waals surface area contributed by atoms with Crippen molar-refractivity contribution in [1.29, 1.82) is 0 Å². The molecule has 0 saturated heterocycles. The monoisotopic (exact) mass is 438 g/mol. The molecule has 7 heteroatoms. The molecule has 0 saturated carbocycles. The second-order valence-electron chi connectivity index (χ2n) is 7.84. The number of ether oxygens (including phenoxy) is 1. The van der Waals surface area contributed by atoms with Crippen molar-refractivity contribution in [3.63, 3.8) is 0 Å². The zero-order chi connectivity index (χ0) is 21.8. The summed E-state index contributed by atoms with van der Waals surface area (Å²) in [7, 11) is 0. The number of anilines is 1. The van der Waals surface area contributed by atoms with Gasteiger partial charge in [-0.3, -0.25) is 9.59 Å². The van der Waals surface area contributed by atoms with Crippen molar-refractivity contribution in [1.82, 2.24) is 5.32 Å². The van der Waals surface area contributed by atoms with Crippen molar-refractivity contribution >= 4 is 28.2 Å². The largest absolute Gasteiger partial charge is 0.484 e. The summed E-state index contributed by atoms with van der Waals surface area (Å²) < 4.78 is 11.0. The van der Waals surface area contributed by atoms with E-state index in [0.717, 1.165) is 42.4 Å². The second-order valence-corrected chi connectivity index (χ2v) is 8.94. The molecule has 0 atom stereocenters. The Balaban J connectivity index is 1.47. The Kier molecular flexibility index (Phi) is 6.42. The zero-order valence-electron chi connectivity index (χ0n) is 17.7. The lowest BCUT2D eigenvalue weighted by Gasteiger charge is -2.13. The highest BCUT2D eigenvalue weighted by atomic mass is 32.1. The van der Waals surface area contributed by atoms with Crippen LogP contribution in [-0.2, 0) is 24.2 Å². The predicted molar refractivity (Wildman–Crippen MR) is 121 cm³/mol. The first-order valence-corrected chi connectivity index (χ1v) is 11.3. The van der Waals surface area contributed by atoms with Crippen LogP contribution in [0.25, 0.3) is 0 Å². The van der Waals surface area contributed by atoms with Gasteiger partial charge in [-0.25, -0.2) is 0 Å². The van der Waals surface area contributed by atoms with Gasteiger partial charge < -0.3 is 19.8 Å². The standard InChI is InChI=1S/C24H26N2O4S/c1-15-10-16(2)12-18(11-15)30-14-21(27)26-24-22(19-7-3-4-8-20(19)31-24)23(28)25-13-17-6-5-9-29-17/h5-6,9-12H,3-4,7-8,13-14H2,1-2H3,(H,25,28)(H,26,27). The molecular formula is C24H26N2O4S. The van der Waals surface area contributed by atoms with Gasteiger partial charge in [0.05, 0.1) is 18.4 Å². The molecule has 31 heavy (non-hydrogen) atoms. The number of furan rings is 1. The Hall–Kier alpha value is -3.06. The molecule has 1 aliphatic carbocycles. The lowest BCUT2D eigenvalue weighted by molar-refractivity contribution is -0.118. The average molecular weight is 439 g/mol. The Labute approximate surface area is 185 Å². The molecule has 0 fully saturated rings. The lowest BCUT2D eigenvalue weighted by Crippen LogP contribution is -2.26. The maximum absolute atomic E-state index is 13.0. The molecule has 6 nitrogen and oxygen atoms in total. The number of carbonyl (C=O) groups excluding carboxylic acids is 2. The van der Waals surface area contributed by atoms with Crippen LogP contribution in [0.3, 0.4) is 0 Å². The van der Waals surface area contributed by atoms with Gasteiger partial charge in [-0.2, -0.15) is 0 Å². The van der Waals surface area contributed by atoms with Gasteiger partial charge in [0.25, 0.3) is 11.8 Å². The van der Waals surface area contributed by atoms with E-state index in [1.165, 1.54) is 16.2 Å². The summed E-state index contributed by atoms with van der Waals surface area (Å²) in [6, 6.07) is 9.46. The minimum atomic E-state index is -0.280. The Morgan fingerprint density at radius 2 is 1.90 bits per heavy atom. The van der Waals surface area contributed by atoms with Crippen molar-refractivity contribution in [2.24, 2.45) is 0 Å². The van der Waals surface area contributed by atoms with Crippen LogP contribution in [0.2, 0.25) is 0 Å². The Morgan fingerprint density at radius 3 is 2.65 bits per heavy atom. The number of carbonyl (C=O) groups is 2. The molecule has 0 radical (unpaired) electrons. The molecule has 4 rings (SSSR count). The molecular weight excluding hydrogens is 412 g/mol. The number of hydrogen-bond acceptors (Lipinski definition) is 5. The number of amides is 2. The molecule has 2 N–H and O–H groups in total. The molecule has 3 aromatic rings. The minimum Gasteiger partial charge on any atom is -0.484 e. The molecule has 2 aromatic heterocycles. The minimum absolute atomic E-state index is 0.112. The molecule has 0 unspecified atom stereocenters. The van der Waals surface area contributed by atoms with Crippen LogP contribution in [0, 0.1) is 13.8 Å². The second kappa shape index (κ2) is 9.39. The topological polar surface area (TPSA) is 80.6 Å². The maximum atomic E-state index is 13.0. The van der Waals surface area contributed by atoms with Gasteiger partial charge in [0.1, 0.15) is 16.5 Å². The van der Waals surface area contributed by atoms with Crippen LogP contribution >= 0.6 is 11.3 Å². The SMILES string of the molecule is Cc1cc(C)cc(OCC(=O)Nc2sc3c(c2C(=O)NCc2ccco2)CCCC3)c1. The van der Waals surface area contributed by atoms with E-state index < -0.39 is 0 Å². The highest BCUT2D eigenvalue weighted by Crippen LogP contribution is 2.38. The fourth-order valence-electron chi connectivity index (χ4n) is 3.89. The van der Waals surface area contributed by atoms with Gasteiger partial charge in [0.2, 0.25) is 0 Å². The van der Waals surface area contributed by atoms with Crippen molar-refractivity contribution in [3.8, 4) is 5.75 Å². The number of hydrogen-bond donors (Lipinski definition) is 2. The van der Waals surface area contributed by atoms with E-state index in [1.807, 2.05) is 32.0 Å². The number of nitrogens with one attached hydrogen (secondary N) is 2. The fraction of sp³-hybridized carbons (Fsp3) is 0.333. The van der Waals surface area contributed by atoms with E-state index in [9.17, 15) is 9.59 Å².